The number of ether oxygens (including phenoxy) is 5. The average Bonchev–Trinajstić information content (AvgIpc) is 3.81. The first kappa shape index (κ1) is 33.1. The molecule has 1 saturated heterocycles. The molecule has 1 aromatic heterocycles. The van der Waals surface area contributed by atoms with E-state index in [0.717, 1.165) is 16.7 Å². The van der Waals surface area contributed by atoms with Gasteiger partial charge in [0.2, 0.25) is 5.75 Å². The predicted octanol–water partition coefficient (Wildman–Crippen LogP) is 4.57. The Labute approximate surface area is 281 Å². The van der Waals surface area contributed by atoms with Gasteiger partial charge in [-0.3, -0.25) is 4.57 Å². The molecule has 6 rings (SSSR count). The second-order valence-corrected chi connectivity index (χ2v) is 12.3. The van der Waals surface area contributed by atoms with Gasteiger partial charge in [-0.2, -0.15) is 0 Å². The van der Waals surface area contributed by atoms with Crippen molar-refractivity contribution >= 4 is 29.1 Å². The third kappa shape index (κ3) is 7.35. The molecule has 2 aliphatic heterocycles. The fraction of sp³-hybridized carbons (Fsp3) is 0.364. The van der Waals surface area contributed by atoms with Crippen molar-refractivity contribution in [1.29, 1.82) is 0 Å². The van der Waals surface area contributed by atoms with Gasteiger partial charge in [0.25, 0.3) is 0 Å². The molecule has 1 unspecified atom stereocenters. The van der Waals surface area contributed by atoms with E-state index in [2.05, 4.69) is 15.4 Å². The molecule has 0 spiro atoms. The van der Waals surface area contributed by atoms with Gasteiger partial charge in [0.1, 0.15) is 18.3 Å². The molecule has 5 atom stereocenters. The summed E-state index contributed by atoms with van der Waals surface area (Å²) in [5.41, 5.74) is 3.36. The highest BCUT2D eigenvalue weighted by atomic mass is 35.5. The summed E-state index contributed by atoms with van der Waals surface area (Å²) in [6.07, 6.45) is -4.40. The van der Waals surface area contributed by atoms with Crippen molar-refractivity contribution in [1.82, 2.24) is 14.8 Å². The minimum absolute atomic E-state index is 0.0689. The molecular weight excluding hydrogens is 648 g/mol. The van der Waals surface area contributed by atoms with E-state index >= 15 is 0 Å². The van der Waals surface area contributed by atoms with Crippen LogP contribution in [0.2, 0.25) is 5.02 Å². The van der Waals surface area contributed by atoms with Crippen LogP contribution in [0.1, 0.15) is 17.5 Å². The molecule has 14 heteroatoms. The lowest BCUT2D eigenvalue weighted by Crippen LogP contribution is -2.36. The Hall–Kier alpha value is -3.85. The number of methoxy groups -OCH3 is 3. The van der Waals surface area contributed by atoms with Crippen LogP contribution in [0.25, 0.3) is 11.4 Å². The zero-order chi connectivity index (χ0) is 32.9. The summed E-state index contributed by atoms with van der Waals surface area (Å²) in [4.78, 5) is 5.63. The molecule has 3 aromatic carbocycles. The maximum absolute atomic E-state index is 11.0. The molecule has 47 heavy (non-hydrogen) atoms. The van der Waals surface area contributed by atoms with Crippen LogP contribution in [-0.4, -0.2) is 89.3 Å². The minimum atomic E-state index is -1.28. The van der Waals surface area contributed by atoms with Crippen LogP contribution in [-0.2, 0) is 26.6 Å². The number of aromatic nitrogens is 3. The first-order valence-electron chi connectivity index (χ1n) is 14.9. The monoisotopic (exact) mass is 682 g/mol. The summed E-state index contributed by atoms with van der Waals surface area (Å²) < 4.78 is 30.2. The normalized spacial score (nSPS) is 22.2. The Bertz CT molecular complexity index is 1660. The van der Waals surface area contributed by atoms with E-state index < -0.39 is 30.7 Å². The standard InChI is InChI=1S/C33H35ClN4O8S/c1-41-25-13-21(14-26(42-2)30(25)43-3)24-15-23(46-37-24)17-44-32-29(40)28(39)27(45-32)16-38-31(20-9-11-22(34)12-10-20)35-36-33(38)47-18-19-7-5-4-6-8-19/h4-14,23,27-29,32,39-40H,15-18H2,1-3H3/t23?,27-,28-,29-,32-/m1/s1. The van der Waals surface area contributed by atoms with E-state index in [1.807, 2.05) is 47.0 Å². The number of benzene rings is 3. The van der Waals surface area contributed by atoms with E-state index in [1.54, 1.807) is 45.6 Å². The molecule has 2 aliphatic rings. The highest BCUT2D eigenvalue weighted by molar-refractivity contribution is 7.98. The molecular formula is C33H35ClN4O8S. The first-order valence-corrected chi connectivity index (χ1v) is 16.3. The Kier molecular flexibility index (Phi) is 10.5. The topological polar surface area (TPSA) is 139 Å². The molecule has 3 heterocycles. The number of aliphatic hydroxyl groups is 2. The first-order chi connectivity index (χ1) is 22.9. The predicted molar refractivity (Wildman–Crippen MR) is 175 cm³/mol. The fourth-order valence-corrected chi connectivity index (χ4v) is 6.45. The van der Waals surface area contributed by atoms with E-state index in [0.29, 0.717) is 51.1 Å². The largest absolute Gasteiger partial charge is 0.493 e. The molecule has 1 fully saturated rings. The van der Waals surface area contributed by atoms with Gasteiger partial charge >= 0.3 is 0 Å². The lowest BCUT2D eigenvalue weighted by molar-refractivity contribution is -0.181. The van der Waals surface area contributed by atoms with Crippen molar-refractivity contribution < 1.29 is 38.7 Å². The van der Waals surface area contributed by atoms with Crippen molar-refractivity contribution in [3.05, 3.63) is 82.9 Å². The Morgan fingerprint density at radius 3 is 2.32 bits per heavy atom. The Morgan fingerprint density at radius 1 is 0.915 bits per heavy atom. The number of hydrogen-bond acceptors (Lipinski definition) is 12. The summed E-state index contributed by atoms with van der Waals surface area (Å²) in [7, 11) is 4.64. The third-order valence-electron chi connectivity index (χ3n) is 7.89. The van der Waals surface area contributed by atoms with Crippen LogP contribution < -0.4 is 14.2 Å². The summed E-state index contributed by atoms with van der Waals surface area (Å²) in [6, 6.07) is 20.9. The van der Waals surface area contributed by atoms with Crippen LogP contribution >= 0.6 is 23.4 Å². The molecule has 248 valence electrons. The van der Waals surface area contributed by atoms with Gasteiger partial charge in [0.05, 0.1) is 40.2 Å². The number of thioether (sulfide) groups is 1. The summed E-state index contributed by atoms with van der Waals surface area (Å²) in [5, 5.41) is 36.3. The van der Waals surface area contributed by atoms with Crippen molar-refractivity contribution in [3.8, 4) is 28.6 Å². The summed E-state index contributed by atoms with van der Waals surface area (Å²) in [5.74, 6) is 2.74. The summed E-state index contributed by atoms with van der Waals surface area (Å²) in [6.45, 7) is 0.244. The maximum Gasteiger partial charge on any atom is 0.203 e. The number of hydrogen-bond donors (Lipinski definition) is 2. The van der Waals surface area contributed by atoms with Crippen molar-refractivity contribution in [2.75, 3.05) is 27.9 Å². The van der Waals surface area contributed by atoms with E-state index in [9.17, 15) is 10.2 Å². The zero-order valence-electron chi connectivity index (χ0n) is 26.0. The van der Waals surface area contributed by atoms with Gasteiger partial charge < -0.3 is 38.7 Å². The molecule has 0 saturated carbocycles. The van der Waals surface area contributed by atoms with Crippen LogP contribution in [0, 0.1) is 0 Å². The average molecular weight is 683 g/mol. The second kappa shape index (κ2) is 14.9. The van der Waals surface area contributed by atoms with Gasteiger partial charge in [-0.15, -0.1) is 10.2 Å². The van der Waals surface area contributed by atoms with E-state index in [1.165, 1.54) is 11.8 Å². The highest BCUT2D eigenvalue weighted by Crippen LogP contribution is 2.39. The number of nitrogens with zero attached hydrogens (tertiary/aromatic N) is 4. The van der Waals surface area contributed by atoms with Crippen molar-refractivity contribution in [3.63, 3.8) is 0 Å². The van der Waals surface area contributed by atoms with Gasteiger partial charge in [0.15, 0.2) is 34.9 Å². The number of oxime groups is 1. The second-order valence-electron chi connectivity index (χ2n) is 10.9. The van der Waals surface area contributed by atoms with Crippen LogP contribution in [0.15, 0.2) is 77.0 Å². The third-order valence-corrected chi connectivity index (χ3v) is 9.18. The molecule has 0 bridgehead atoms. The van der Waals surface area contributed by atoms with E-state index in [-0.39, 0.29) is 13.2 Å². The maximum atomic E-state index is 11.0. The van der Waals surface area contributed by atoms with Gasteiger partial charge in [-0.05, 0) is 42.0 Å². The van der Waals surface area contributed by atoms with Crippen LogP contribution in [0.5, 0.6) is 17.2 Å². The van der Waals surface area contributed by atoms with Gasteiger partial charge in [-0.1, -0.05) is 58.9 Å². The SMILES string of the molecule is COc1cc(C2=NOC(CO[C@@H]3O[C@H](Cn4c(SCc5ccccc5)nnc4-c4ccc(Cl)cc4)[C@@H](O)[C@H]3O)C2)cc(OC)c1OC. The number of rotatable bonds is 13. The lowest BCUT2D eigenvalue weighted by atomic mass is 10.0. The summed E-state index contributed by atoms with van der Waals surface area (Å²) >= 11 is 7.65. The van der Waals surface area contributed by atoms with Crippen LogP contribution in [0.4, 0.5) is 0 Å². The Morgan fingerprint density at radius 2 is 1.64 bits per heavy atom. The number of halogens is 1. The van der Waals surface area contributed by atoms with E-state index in [4.69, 9.17) is 40.1 Å². The van der Waals surface area contributed by atoms with Gasteiger partial charge in [-0.25, -0.2) is 0 Å². The molecule has 0 aliphatic carbocycles. The molecule has 12 nitrogen and oxygen atoms in total. The smallest absolute Gasteiger partial charge is 0.203 e. The van der Waals surface area contributed by atoms with Gasteiger partial charge in [0, 0.05) is 28.3 Å². The highest BCUT2D eigenvalue weighted by Gasteiger charge is 2.44. The fourth-order valence-electron chi connectivity index (χ4n) is 5.42. The minimum Gasteiger partial charge on any atom is -0.493 e. The number of aliphatic hydroxyl groups excluding tert-OH is 2. The van der Waals surface area contributed by atoms with Crippen LogP contribution in [0.3, 0.4) is 0 Å². The lowest BCUT2D eigenvalue weighted by Gasteiger charge is -2.18. The molecule has 4 aromatic rings. The molecule has 0 radical (unpaired) electrons. The van der Waals surface area contributed by atoms with Crippen molar-refractivity contribution in [2.24, 2.45) is 5.16 Å². The molecule has 0 amide bonds. The zero-order valence-corrected chi connectivity index (χ0v) is 27.6. The van der Waals surface area contributed by atoms with Crippen molar-refractivity contribution in [2.45, 2.75) is 54.6 Å². The quantitative estimate of drug-likeness (QED) is 0.192. The Balaban J connectivity index is 1.11. The molecule has 2 N–H and O–H groups in total.